The number of carbonyl (C=O) groups excluding carboxylic acids is 1. The third-order valence-electron chi connectivity index (χ3n) is 2.72. The fraction of sp³-hybridized carbons (Fsp3) is 0.125. The maximum absolute atomic E-state index is 13.0. The molecule has 0 aliphatic rings. The zero-order valence-electron chi connectivity index (χ0n) is 11.8. The quantitative estimate of drug-likeness (QED) is 0.678. The Labute approximate surface area is 132 Å². The summed E-state index contributed by atoms with van der Waals surface area (Å²) < 4.78 is 18.4. The molecule has 2 aromatic carbocycles. The summed E-state index contributed by atoms with van der Waals surface area (Å²) in [6, 6.07) is 12.6. The third kappa shape index (κ3) is 4.86. The fourth-order valence-electron chi connectivity index (χ4n) is 1.65. The summed E-state index contributed by atoms with van der Waals surface area (Å²) >= 11 is 5.84. The molecule has 1 N–H and O–H groups in total. The van der Waals surface area contributed by atoms with Crippen LogP contribution in [0.15, 0.2) is 53.6 Å². The summed E-state index contributed by atoms with van der Waals surface area (Å²) in [5.74, 6) is -0.301. The SMILES string of the molecule is C[C@H](Oc1cccc(Cl)c1)C(=O)N/N=C\c1cccc(F)c1. The van der Waals surface area contributed by atoms with E-state index in [0.29, 0.717) is 16.3 Å². The third-order valence-corrected chi connectivity index (χ3v) is 2.95. The van der Waals surface area contributed by atoms with Crippen molar-refractivity contribution in [1.29, 1.82) is 0 Å². The van der Waals surface area contributed by atoms with Gasteiger partial charge in [-0.15, -0.1) is 0 Å². The molecule has 114 valence electrons. The van der Waals surface area contributed by atoms with Crippen molar-refractivity contribution < 1.29 is 13.9 Å². The summed E-state index contributed by atoms with van der Waals surface area (Å²) in [5, 5.41) is 4.29. The number of nitrogens with zero attached hydrogens (tertiary/aromatic N) is 1. The van der Waals surface area contributed by atoms with E-state index < -0.39 is 12.0 Å². The van der Waals surface area contributed by atoms with E-state index in [0.717, 1.165) is 0 Å². The molecule has 6 heteroatoms. The summed E-state index contributed by atoms with van der Waals surface area (Å²) in [4.78, 5) is 11.8. The van der Waals surface area contributed by atoms with Gasteiger partial charge in [-0.25, -0.2) is 9.82 Å². The molecule has 0 saturated carbocycles. The van der Waals surface area contributed by atoms with Gasteiger partial charge < -0.3 is 4.74 Å². The zero-order chi connectivity index (χ0) is 15.9. The van der Waals surface area contributed by atoms with E-state index in [1.54, 1.807) is 43.3 Å². The summed E-state index contributed by atoms with van der Waals surface area (Å²) in [7, 11) is 0. The number of halogens is 2. The second-order valence-corrected chi connectivity index (χ2v) is 4.94. The Hall–Kier alpha value is -2.40. The van der Waals surface area contributed by atoms with Gasteiger partial charge in [0.2, 0.25) is 0 Å². The van der Waals surface area contributed by atoms with Gasteiger partial charge in [-0.05, 0) is 42.8 Å². The number of nitrogens with one attached hydrogen (secondary N) is 1. The van der Waals surface area contributed by atoms with Crippen LogP contribution in [0.1, 0.15) is 12.5 Å². The fourth-order valence-corrected chi connectivity index (χ4v) is 1.83. The summed E-state index contributed by atoms with van der Waals surface area (Å²) in [6.45, 7) is 1.59. The second-order valence-electron chi connectivity index (χ2n) is 4.51. The van der Waals surface area contributed by atoms with E-state index in [1.807, 2.05) is 0 Å². The van der Waals surface area contributed by atoms with Crippen LogP contribution in [-0.2, 0) is 4.79 Å². The first-order chi connectivity index (χ1) is 10.5. The van der Waals surface area contributed by atoms with E-state index in [1.165, 1.54) is 18.3 Å². The minimum atomic E-state index is -0.747. The Bertz CT molecular complexity index is 691. The van der Waals surface area contributed by atoms with Crippen molar-refractivity contribution >= 4 is 23.7 Å². The van der Waals surface area contributed by atoms with Crippen molar-refractivity contribution in [3.05, 3.63) is 64.9 Å². The zero-order valence-corrected chi connectivity index (χ0v) is 12.5. The average molecular weight is 321 g/mol. The second kappa shape index (κ2) is 7.56. The van der Waals surface area contributed by atoms with E-state index in [4.69, 9.17) is 16.3 Å². The Balaban J connectivity index is 1.89. The number of ether oxygens (including phenoxy) is 1. The number of rotatable bonds is 5. The van der Waals surface area contributed by atoms with Crippen molar-refractivity contribution in [1.82, 2.24) is 5.43 Å². The van der Waals surface area contributed by atoms with Crippen LogP contribution in [0.2, 0.25) is 5.02 Å². The van der Waals surface area contributed by atoms with Crippen molar-refractivity contribution in [3.8, 4) is 5.75 Å². The van der Waals surface area contributed by atoms with Crippen LogP contribution in [0, 0.1) is 5.82 Å². The lowest BCUT2D eigenvalue weighted by atomic mass is 10.2. The summed E-state index contributed by atoms with van der Waals surface area (Å²) in [6.07, 6.45) is 0.607. The minimum Gasteiger partial charge on any atom is -0.481 e. The maximum Gasteiger partial charge on any atom is 0.280 e. The number of hydrazone groups is 1. The van der Waals surface area contributed by atoms with E-state index in [9.17, 15) is 9.18 Å². The normalized spacial score (nSPS) is 12.1. The molecule has 0 heterocycles. The molecular weight excluding hydrogens is 307 g/mol. The maximum atomic E-state index is 13.0. The van der Waals surface area contributed by atoms with Crippen LogP contribution in [-0.4, -0.2) is 18.2 Å². The molecule has 4 nitrogen and oxygen atoms in total. The van der Waals surface area contributed by atoms with Gasteiger partial charge in [0.1, 0.15) is 11.6 Å². The molecule has 0 fully saturated rings. The number of carbonyl (C=O) groups is 1. The molecule has 2 rings (SSSR count). The van der Waals surface area contributed by atoms with Gasteiger partial charge in [-0.2, -0.15) is 5.10 Å². The molecular formula is C16H14ClFN2O2. The molecule has 0 spiro atoms. The highest BCUT2D eigenvalue weighted by Gasteiger charge is 2.13. The molecule has 22 heavy (non-hydrogen) atoms. The van der Waals surface area contributed by atoms with E-state index >= 15 is 0 Å². The lowest BCUT2D eigenvalue weighted by molar-refractivity contribution is -0.127. The first kappa shape index (κ1) is 16.0. The van der Waals surface area contributed by atoms with Gasteiger partial charge in [0.25, 0.3) is 5.91 Å². The lowest BCUT2D eigenvalue weighted by Crippen LogP contribution is -2.33. The molecule has 0 bridgehead atoms. The Morgan fingerprint density at radius 1 is 1.32 bits per heavy atom. The minimum absolute atomic E-state index is 0.368. The monoisotopic (exact) mass is 320 g/mol. The Morgan fingerprint density at radius 2 is 2.09 bits per heavy atom. The Kier molecular flexibility index (Phi) is 5.49. The number of benzene rings is 2. The largest absolute Gasteiger partial charge is 0.481 e. The first-order valence-corrected chi connectivity index (χ1v) is 6.93. The predicted octanol–water partition coefficient (Wildman–Crippen LogP) is 3.40. The molecule has 0 aromatic heterocycles. The van der Waals surface area contributed by atoms with Crippen LogP contribution in [0.3, 0.4) is 0 Å². The Morgan fingerprint density at radius 3 is 2.82 bits per heavy atom. The van der Waals surface area contributed by atoms with Crippen molar-refractivity contribution in [3.63, 3.8) is 0 Å². The molecule has 2 aromatic rings. The number of hydrogen-bond acceptors (Lipinski definition) is 3. The lowest BCUT2D eigenvalue weighted by Gasteiger charge is -2.12. The molecule has 1 atom stereocenters. The van der Waals surface area contributed by atoms with Crippen LogP contribution >= 0.6 is 11.6 Å². The molecule has 1 amide bonds. The van der Waals surface area contributed by atoms with Crippen LogP contribution < -0.4 is 10.2 Å². The molecule has 0 saturated heterocycles. The van der Waals surface area contributed by atoms with Crippen LogP contribution in [0.4, 0.5) is 4.39 Å². The molecule has 0 aliphatic carbocycles. The van der Waals surface area contributed by atoms with Crippen molar-refractivity contribution in [2.45, 2.75) is 13.0 Å². The topological polar surface area (TPSA) is 50.7 Å². The van der Waals surface area contributed by atoms with Crippen LogP contribution in [0.5, 0.6) is 5.75 Å². The van der Waals surface area contributed by atoms with Crippen molar-refractivity contribution in [2.24, 2.45) is 5.10 Å². The summed E-state index contributed by atoms with van der Waals surface area (Å²) in [5.41, 5.74) is 2.88. The smallest absolute Gasteiger partial charge is 0.280 e. The van der Waals surface area contributed by atoms with Gasteiger partial charge in [0, 0.05) is 5.02 Å². The first-order valence-electron chi connectivity index (χ1n) is 6.55. The molecule has 0 aliphatic heterocycles. The van der Waals surface area contributed by atoms with Crippen LogP contribution in [0.25, 0.3) is 0 Å². The van der Waals surface area contributed by atoms with E-state index in [-0.39, 0.29) is 5.82 Å². The predicted molar refractivity (Wildman–Crippen MR) is 83.7 cm³/mol. The van der Waals surface area contributed by atoms with Gasteiger partial charge in [0.05, 0.1) is 6.21 Å². The van der Waals surface area contributed by atoms with Crippen molar-refractivity contribution in [2.75, 3.05) is 0 Å². The number of hydrogen-bond donors (Lipinski definition) is 1. The molecule has 0 radical (unpaired) electrons. The number of amides is 1. The molecule has 0 unspecified atom stereocenters. The van der Waals surface area contributed by atoms with Gasteiger partial charge >= 0.3 is 0 Å². The highest BCUT2D eigenvalue weighted by molar-refractivity contribution is 6.30. The van der Waals surface area contributed by atoms with Gasteiger partial charge in [-0.3, -0.25) is 4.79 Å². The highest BCUT2D eigenvalue weighted by atomic mass is 35.5. The van der Waals surface area contributed by atoms with E-state index in [2.05, 4.69) is 10.5 Å². The van der Waals surface area contributed by atoms with Gasteiger partial charge in [0.15, 0.2) is 6.10 Å². The van der Waals surface area contributed by atoms with Gasteiger partial charge in [-0.1, -0.05) is 29.8 Å². The standard InChI is InChI=1S/C16H14ClFN2O2/c1-11(22-15-7-3-5-13(17)9-15)16(21)20-19-10-12-4-2-6-14(18)8-12/h2-11H,1H3,(H,20,21)/b19-10-/t11-/m0/s1. The average Bonchev–Trinajstić information content (AvgIpc) is 2.47. The highest BCUT2D eigenvalue weighted by Crippen LogP contribution is 2.18.